The molecule has 0 aromatic carbocycles. The molecule has 0 bridgehead atoms. The van der Waals surface area contributed by atoms with Crippen LogP contribution in [0.4, 0.5) is 0 Å². The topological polar surface area (TPSA) is 21.5 Å². The molecule has 0 spiro atoms. The summed E-state index contributed by atoms with van der Waals surface area (Å²) in [5.74, 6) is 0.371. The molecule has 0 aliphatic carbocycles. The van der Waals surface area contributed by atoms with Crippen molar-refractivity contribution >= 4 is 11.3 Å². The van der Waals surface area contributed by atoms with Gasteiger partial charge in [0.2, 0.25) is 0 Å². The monoisotopic (exact) mass is 215 g/mol. The molecule has 2 nitrogen and oxygen atoms in total. The minimum absolute atomic E-state index is 0.123. The first-order chi connectivity index (χ1) is 7.72. The van der Waals surface area contributed by atoms with Crippen LogP contribution in [0.15, 0.2) is 36.7 Å². The van der Waals surface area contributed by atoms with Gasteiger partial charge in [-0.1, -0.05) is 20.3 Å². The van der Waals surface area contributed by atoms with E-state index in [1.54, 1.807) is 0 Å². The maximum atomic E-state index is 12.1. The van der Waals surface area contributed by atoms with E-state index in [0.717, 1.165) is 23.9 Å². The molecule has 0 aliphatic rings. The van der Waals surface area contributed by atoms with Crippen molar-refractivity contribution in [3.63, 3.8) is 0 Å². The normalized spacial score (nSPS) is 12.9. The number of hydrogen-bond acceptors (Lipinski definition) is 1. The molecular formula is C14H17NO. The summed E-state index contributed by atoms with van der Waals surface area (Å²) in [6.45, 7) is 4.12. The molecular weight excluding hydrogens is 198 g/mol. The first-order valence-corrected chi connectivity index (χ1v) is 5.83. The van der Waals surface area contributed by atoms with Gasteiger partial charge in [0.25, 0.3) is 0 Å². The van der Waals surface area contributed by atoms with Crippen molar-refractivity contribution in [2.75, 3.05) is 0 Å². The van der Waals surface area contributed by atoms with Crippen molar-refractivity contribution < 1.29 is 4.79 Å². The Balaban J connectivity index is 2.28. The summed E-state index contributed by atoms with van der Waals surface area (Å²) in [6.07, 6.45) is 5.90. The highest BCUT2D eigenvalue weighted by atomic mass is 16.1. The van der Waals surface area contributed by atoms with E-state index in [9.17, 15) is 4.79 Å². The Morgan fingerprint density at radius 3 is 2.94 bits per heavy atom. The third kappa shape index (κ3) is 2.01. The third-order valence-corrected chi connectivity index (χ3v) is 2.98. The van der Waals surface area contributed by atoms with Gasteiger partial charge in [0.05, 0.1) is 0 Å². The largest absolute Gasteiger partial charge is 0.323 e. The summed E-state index contributed by atoms with van der Waals surface area (Å²) in [5.41, 5.74) is 1.93. The van der Waals surface area contributed by atoms with E-state index in [-0.39, 0.29) is 11.7 Å². The molecule has 84 valence electrons. The third-order valence-electron chi connectivity index (χ3n) is 2.98. The number of carbonyl (C=O) groups excluding carboxylic acids is 1. The van der Waals surface area contributed by atoms with Crippen LogP contribution in [-0.2, 0) is 0 Å². The molecule has 0 fully saturated rings. The van der Waals surface area contributed by atoms with E-state index in [4.69, 9.17) is 0 Å². The molecule has 0 radical (unpaired) electrons. The van der Waals surface area contributed by atoms with E-state index < -0.39 is 0 Å². The van der Waals surface area contributed by atoms with Gasteiger partial charge in [-0.2, -0.15) is 0 Å². The van der Waals surface area contributed by atoms with Crippen LogP contribution >= 0.6 is 0 Å². The Morgan fingerprint density at radius 2 is 2.19 bits per heavy atom. The number of fused-ring (bicyclic) bond motifs is 1. The number of hydrogen-bond donors (Lipinski definition) is 0. The Kier molecular flexibility index (Phi) is 3.09. The Labute approximate surface area is 95.9 Å². The standard InChI is InChI=1S/C14H17NO/c1-3-5-11(2)14(16)12-7-8-13-6-4-9-15(13)10-12/h4,6-11H,3,5H2,1-2H3. The van der Waals surface area contributed by atoms with Gasteiger partial charge in [-0.25, -0.2) is 0 Å². The van der Waals surface area contributed by atoms with Gasteiger partial charge in [0.1, 0.15) is 0 Å². The molecule has 2 aromatic rings. The number of pyridine rings is 1. The second kappa shape index (κ2) is 4.52. The maximum absolute atomic E-state index is 12.1. The van der Waals surface area contributed by atoms with Crippen molar-refractivity contribution in [1.82, 2.24) is 4.40 Å². The number of rotatable bonds is 4. The molecule has 0 N–H and O–H groups in total. The molecule has 0 saturated heterocycles. The molecule has 0 saturated carbocycles. The van der Waals surface area contributed by atoms with Gasteiger partial charge in [0.15, 0.2) is 5.78 Å². The van der Waals surface area contributed by atoms with E-state index in [2.05, 4.69) is 6.92 Å². The highest BCUT2D eigenvalue weighted by Gasteiger charge is 2.14. The number of carbonyl (C=O) groups is 1. The molecule has 2 heterocycles. The molecule has 1 unspecified atom stereocenters. The van der Waals surface area contributed by atoms with Crippen LogP contribution in [0.3, 0.4) is 0 Å². The van der Waals surface area contributed by atoms with Crippen molar-refractivity contribution in [3.8, 4) is 0 Å². The summed E-state index contributed by atoms with van der Waals surface area (Å²) in [7, 11) is 0. The lowest BCUT2D eigenvalue weighted by atomic mass is 9.96. The zero-order valence-electron chi connectivity index (χ0n) is 9.81. The summed E-state index contributed by atoms with van der Waals surface area (Å²) in [4.78, 5) is 12.1. The Hall–Kier alpha value is -1.57. The van der Waals surface area contributed by atoms with E-state index in [0.29, 0.717) is 0 Å². The van der Waals surface area contributed by atoms with Crippen LogP contribution < -0.4 is 0 Å². The fourth-order valence-corrected chi connectivity index (χ4v) is 2.03. The lowest BCUT2D eigenvalue weighted by Gasteiger charge is -2.09. The first kappa shape index (κ1) is 10.9. The number of ketones is 1. The fraction of sp³-hybridized carbons (Fsp3) is 0.357. The molecule has 2 aromatic heterocycles. The lowest BCUT2D eigenvalue weighted by Crippen LogP contribution is -2.11. The number of Topliss-reactive ketones (excluding diaryl/α,β-unsaturated/α-hetero) is 1. The lowest BCUT2D eigenvalue weighted by molar-refractivity contribution is 0.0923. The summed E-state index contributed by atoms with van der Waals surface area (Å²) in [5, 5.41) is 0. The van der Waals surface area contributed by atoms with E-state index in [1.807, 2.05) is 48.0 Å². The summed E-state index contributed by atoms with van der Waals surface area (Å²) >= 11 is 0. The maximum Gasteiger partial charge on any atom is 0.167 e. The molecule has 2 rings (SSSR count). The Bertz CT molecular complexity index is 498. The van der Waals surface area contributed by atoms with Gasteiger partial charge in [-0.3, -0.25) is 4.79 Å². The predicted molar refractivity (Wildman–Crippen MR) is 65.8 cm³/mol. The van der Waals surface area contributed by atoms with Crippen LogP contribution in [0.5, 0.6) is 0 Å². The first-order valence-electron chi connectivity index (χ1n) is 5.83. The van der Waals surface area contributed by atoms with Crippen molar-refractivity contribution in [2.24, 2.45) is 5.92 Å². The highest BCUT2D eigenvalue weighted by Crippen LogP contribution is 2.15. The zero-order chi connectivity index (χ0) is 11.5. The number of aromatic nitrogens is 1. The van der Waals surface area contributed by atoms with Crippen molar-refractivity contribution in [3.05, 3.63) is 42.2 Å². The quantitative estimate of drug-likeness (QED) is 0.714. The van der Waals surface area contributed by atoms with Gasteiger partial charge in [-0.15, -0.1) is 0 Å². The van der Waals surface area contributed by atoms with Gasteiger partial charge >= 0.3 is 0 Å². The molecule has 0 aliphatic heterocycles. The predicted octanol–water partition coefficient (Wildman–Crippen LogP) is 3.56. The minimum atomic E-state index is 0.123. The van der Waals surface area contributed by atoms with Gasteiger partial charge < -0.3 is 4.40 Å². The second-order valence-corrected chi connectivity index (χ2v) is 4.31. The van der Waals surface area contributed by atoms with Crippen LogP contribution in [0.1, 0.15) is 37.0 Å². The van der Waals surface area contributed by atoms with Crippen molar-refractivity contribution in [1.29, 1.82) is 0 Å². The average molecular weight is 215 g/mol. The Morgan fingerprint density at radius 1 is 1.38 bits per heavy atom. The highest BCUT2D eigenvalue weighted by molar-refractivity contribution is 5.97. The summed E-state index contributed by atoms with van der Waals surface area (Å²) in [6, 6.07) is 7.93. The van der Waals surface area contributed by atoms with Crippen molar-refractivity contribution in [2.45, 2.75) is 26.7 Å². The summed E-state index contributed by atoms with van der Waals surface area (Å²) < 4.78 is 1.99. The molecule has 2 heteroatoms. The molecule has 1 atom stereocenters. The van der Waals surface area contributed by atoms with Gasteiger partial charge in [-0.05, 0) is 30.7 Å². The van der Waals surface area contributed by atoms with Gasteiger partial charge in [0, 0.05) is 29.4 Å². The molecule has 16 heavy (non-hydrogen) atoms. The van der Waals surface area contributed by atoms with Crippen LogP contribution in [-0.4, -0.2) is 10.2 Å². The van der Waals surface area contributed by atoms with E-state index >= 15 is 0 Å². The second-order valence-electron chi connectivity index (χ2n) is 4.31. The van der Waals surface area contributed by atoms with Crippen LogP contribution in [0.2, 0.25) is 0 Å². The minimum Gasteiger partial charge on any atom is -0.323 e. The van der Waals surface area contributed by atoms with Crippen LogP contribution in [0.25, 0.3) is 5.52 Å². The smallest absolute Gasteiger partial charge is 0.167 e. The number of nitrogens with zero attached hydrogens (tertiary/aromatic N) is 1. The fourth-order valence-electron chi connectivity index (χ4n) is 2.03. The average Bonchev–Trinajstić information content (AvgIpc) is 2.75. The van der Waals surface area contributed by atoms with Crippen LogP contribution in [0, 0.1) is 5.92 Å². The molecule has 0 amide bonds. The SMILES string of the molecule is CCCC(C)C(=O)c1ccc2cccn2c1. The zero-order valence-corrected chi connectivity index (χ0v) is 9.81. The van der Waals surface area contributed by atoms with E-state index in [1.165, 1.54) is 0 Å².